The number of aryl methyl sites for hydroxylation is 1. The van der Waals surface area contributed by atoms with Crippen LogP contribution in [-0.4, -0.2) is 6.29 Å². The Morgan fingerprint density at radius 1 is 0.900 bits per heavy atom. The van der Waals surface area contributed by atoms with Crippen LogP contribution < -0.4 is 0 Å². The lowest BCUT2D eigenvalue weighted by molar-refractivity contribution is 0.112. The van der Waals surface area contributed by atoms with Gasteiger partial charge in [-0.2, -0.15) is 0 Å². The average Bonchev–Trinajstić information content (AvgIpc) is 2.48. The topological polar surface area (TPSA) is 17.1 Å². The molecule has 3 rings (SSSR count). The molecule has 3 aromatic carbocycles. The molecule has 1 nitrogen and oxygen atoms in total. The van der Waals surface area contributed by atoms with Gasteiger partial charge in [0.2, 0.25) is 0 Å². The Labute approximate surface area is 116 Å². The number of carbonyl (C=O) groups excluding carboxylic acids is 1. The molecule has 0 heterocycles. The van der Waals surface area contributed by atoms with Crippen LogP contribution in [0.15, 0.2) is 54.6 Å². The van der Waals surface area contributed by atoms with Crippen LogP contribution in [0, 0.1) is 12.7 Å². The fourth-order valence-corrected chi connectivity index (χ4v) is 2.55. The number of hydrogen-bond donors (Lipinski definition) is 0. The van der Waals surface area contributed by atoms with Gasteiger partial charge in [-0.05, 0) is 52.6 Å². The smallest absolute Gasteiger partial charge is 0.150 e. The van der Waals surface area contributed by atoms with Crippen LogP contribution in [0.25, 0.3) is 21.9 Å². The van der Waals surface area contributed by atoms with Crippen molar-refractivity contribution in [2.24, 2.45) is 0 Å². The Morgan fingerprint density at radius 3 is 2.40 bits per heavy atom. The fraction of sp³-hybridized carbons (Fsp3) is 0.0556. The van der Waals surface area contributed by atoms with Gasteiger partial charge in [0.25, 0.3) is 0 Å². The molecule has 0 aliphatic heterocycles. The number of fused-ring (bicyclic) bond motifs is 1. The molecule has 98 valence electrons. The van der Waals surface area contributed by atoms with Crippen molar-refractivity contribution >= 4 is 17.1 Å². The highest BCUT2D eigenvalue weighted by atomic mass is 19.1. The average molecular weight is 264 g/mol. The van der Waals surface area contributed by atoms with Gasteiger partial charge in [0, 0.05) is 5.56 Å². The quantitative estimate of drug-likeness (QED) is 0.609. The molecule has 0 aromatic heterocycles. The Hall–Kier alpha value is -2.48. The van der Waals surface area contributed by atoms with Gasteiger partial charge >= 0.3 is 0 Å². The number of benzene rings is 3. The Morgan fingerprint density at radius 2 is 1.65 bits per heavy atom. The summed E-state index contributed by atoms with van der Waals surface area (Å²) in [4.78, 5) is 11.2. The lowest BCUT2D eigenvalue weighted by Crippen LogP contribution is -1.91. The van der Waals surface area contributed by atoms with Crippen molar-refractivity contribution in [3.8, 4) is 11.1 Å². The molecule has 0 aliphatic rings. The van der Waals surface area contributed by atoms with E-state index in [1.165, 1.54) is 18.2 Å². The van der Waals surface area contributed by atoms with Crippen LogP contribution in [0.4, 0.5) is 4.39 Å². The summed E-state index contributed by atoms with van der Waals surface area (Å²) < 4.78 is 13.5. The Kier molecular flexibility index (Phi) is 3.07. The van der Waals surface area contributed by atoms with Crippen molar-refractivity contribution < 1.29 is 9.18 Å². The van der Waals surface area contributed by atoms with Gasteiger partial charge in [-0.25, -0.2) is 4.39 Å². The minimum atomic E-state index is -0.338. The number of rotatable bonds is 2. The molecule has 0 aliphatic carbocycles. The molecule has 3 aromatic rings. The van der Waals surface area contributed by atoms with Gasteiger partial charge < -0.3 is 0 Å². The van der Waals surface area contributed by atoms with Crippen LogP contribution in [0.5, 0.6) is 0 Å². The molecule has 0 bridgehead atoms. The molecule has 0 unspecified atom stereocenters. The highest BCUT2D eigenvalue weighted by Gasteiger charge is 2.10. The summed E-state index contributed by atoms with van der Waals surface area (Å²) in [6.07, 6.45) is 0.767. The van der Waals surface area contributed by atoms with Crippen molar-refractivity contribution in [1.29, 1.82) is 0 Å². The molecule has 0 radical (unpaired) electrons. The van der Waals surface area contributed by atoms with Crippen molar-refractivity contribution in [1.82, 2.24) is 0 Å². The molecule has 0 fully saturated rings. The van der Waals surface area contributed by atoms with Crippen LogP contribution in [0.2, 0.25) is 0 Å². The molecule has 0 saturated heterocycles. The summed E-state index contributed by atoms with van der Waals surface area (Å²) in [5.74, 6) is -0.338. The standard InChI is InChI=1S/C18H13FO/c1-12-6-9-17(16-5-3-2-4-15(12)16)18-10-14(19)8-7-13(18)11-20/h2-11H,1H3. The molecular weight excluding hydrogens is 251 g/mol. The van der Waals surface area contributed by atoms with Gasteiger partial charge in [-0.3, -0.25) is 4.79 Å². The summed E-state index contributed by atoms with van der Waals surface area (Å²) in [7, 11) is 0. The van der Waals surface area contributed by atoms with Crippen molar-refractivity contribution in [2.45, 2.75) is 6.92 Å². The predicted octanol–water partition coefficient (Wildman–Crippen LogP) is 4.77. The van der Waals surface area contributed by atoms with E-state index in [4.69, 9.17) is 0 Å². The number of hydrogen-bond acceptors (Lipinski definition) is 1. The summed E-state index contributed by atoms with van der Waals surface area (Å²) in [6, 6.07) is 16.1. The summed E-state index contributed by atoms with van der Waals surface area (Å²) >= 11 is 0. The maximum absolute atomic E-state index is 13.5. The van der Waals surface area contributed by atoms with E-state index in [0.717, 1.165) is 28.2 Å². The number of aldehydes is 1. The number of halogens is 1. The highest BCUT2D eigenvalue weighted by Crippen LogP contribution is 2.32. The van der Waals surface area contributed by atoms with Crippen molar-refractivity contribution in [3.05, 3.63) is 71.5 Å². The molecule has 0 N–H and O–H groups in total. The van der Waals surface area contributed by atoms with E-state index in [1.807, 2.05) is 43.3 Å². The first-order valence-electron chi connectivity index (χ1n) is 6.44. The van der Waals surface area contributed by atoms with E-state index in [-0.39, 0.29) is 5.82 Å². The van der Waals surface area contributed by atoms with Gasteiger partial charge in [0.1, 0.15) is 5.82 Å². The van der Waals surface area contributed by atoms with Crippen molar-refractivity contribution in [3.63, 3.8) is 0 Å². The molecule has 2 heteroatoms. The van der Waals surface area contributed by atoms with Crippen molar-refractivity contribution in [2.75, 3.05) is 0 Å². The van der Waals surface area contributed by atoms with Crippen LogP contribution in [-0.2, 0) is 0 Å². The van der Waals surface area contributed by atoms with Gasteiger partial charge in [0.15, 0.2) is 6.29 Å². The number of carbonyl (C=O) groups is 1. The SMILES string of the molecule is Cc1ccc(-c2cc(F)ccc2C=O)c2ccccc12. The van der Waals surface area contributed by atoms with E-state index in [1.54, 1.807) is 0 Å². The fourth-order valence-electron chi connectivity index (χ4n) is 2.55. The van der Waals surface area contributed by atoms with E-state index in [0.29, 0.717) is 11.1 Å². The first-order chi connectivity index (χ1) is 9.70. The van der Waals surface area contributed by atoms with Gasteiger partial charge in [0.05, 0.1) is 0 Å². The monoisotopic (exact) mass is 264 g/mol. The molecular formula is C18H13FO. The van der Waals surface area contributed by atoms with E-state index >= 15 is 0 Å². The maximum atomic E-state index is 13.5. The summed E-state index contributed by atoms with van der Waals surface area (Å²) in [5, 5.41) is 2.15. The predicted molar refractivity (Wildman–Crippen MR) is 79.5 cm³/mol. The normalized spacial score (nSPS) is 10.7. The minimum Gasteiger partial charge on any atom is -0.298 e. The largest absolute Gasteiger partial charge is 0.298 e. The van der Waals surface area contributed by atoms with Gasteiger partial charge in [-0.15, -0.1) is 0 Å². The third kappa shape index (κ3) is 1.99. The third-order valence-electron chi connectivity index (χ3n) is 3.57. The lowest BCUT2D eigenvalue weighted by atomic mass is 9.93. The second-order valence-electron chi connectivity index (χ2n) is 4.83. The van der Waals surface area contributed by atoms with Crippen LogP contribution in [0.1, 0.15) is 15.9 Å². The summed E-state index contributed by atoms with van der Waals surface area (Å²) in [6.45, 7) is 2.04. The molecule has 20 heavy (non-hydrogen) atoms. The van der Waals surface area contributed by atoms with E-state index in [2.05, 4.69) is 0 Å². The molecule has 0 spiro atoms. The zero-order chi connectivity index (χ0) is 14.1. The summed E-state index contributed by atoms with van der Waals surface area (Å²) in [5.41, 5.74) is 3.18. The molecule has 0 saturated carbocycles. The lowest BCUT2D eigenvalue weighted by Gasteiger charge is -2.11. The first kappa shape index (κ1) is 12.5. The Bertz CT molecular complexity index is 806. The molecule has 0 amide bonds. The zero-order valence-corrected chi connectivity index (χ0v) is 11.1. The van der Waals surface area contributed by atoms with E-state index in [9.17, 15) is 9.18 Å². The third-order valence-corrected chi connectivity index (χ3v) is 3.57. The highest BCUT2D eigenvalue weighted by molar-refractivity contribution is 6.02. The second-order valence-corrected chi connectivity index (χ2v) is 4.83. The van der Waals surface area contributed by atoms with Gasteiger partial charge in [-0.1, -0.05) is 36.4 Å². The van der Waals surface area contributed by atoms with Crippen LogP contribution in [0.3, 0.4) is 0 Å². The minimum absolute atomic E-state index is 0.338. The zero-order valence-electron chi connectivity index (χ0n) is 11.1. The first-order valence-corrected chi connectivity index (χ1v) is 6.44. The van der Waals surface area contributed by atoms with E-state index < -0.39 is 0 Å². The second kappa shape index (κ2) is 4.89. The molecule has 0 atom stereocenters. The van der Waals surface area contributed by atoms with Crippen LogP contribution >= 0.6 is 0 Å². The Balaban J connectivity index is 2.38. The maximum Gasteiger partial charge on any atom is 0.150 e.